The first-order chi connectivity index (χ1) is 14.5. The molecule has 5 nitrogen and oxygen atoms in total. The third kappa shape index (κ3) is 4.33. The van der Waals surface area contributed by atoms with Crippen LogP contribution in [-0.2, 0) is 16.0 Å². The highest BCUT2D eigenvalue weighted by Gasteiger charge is 2.30. The fraction of sp³-hybridized carbons (Fsp3) is 0.292. The SMILES string of the molecule is Cc1ccccc1C(=O)/C=C1\SCC(=O)N1CC(=O)N[C@H]1CCCc2ccccc21. The molecule has 154 valence electrons. The topological polar surface area (TPSA) is 66.5 Å². The molecule has 1 aliphatic carbocycles. The van der Waals surface area contributed by atoms with Gasteiger partial charge in [-0.05, 0) is 42.9 Å². The summed E-state index contributed by atoms with van der Waals surface area (Å²) >= 11 is 1.30. The molecule has 1 fully saturated rings. The lowest BCUT2D eigenvalue weighted by Gasteiger charge is -2.27. The van der Waals surface area contributed by atoms with Crippen LogP contribution in [0.25, 0.3) is 0 Å². The standard InChI is InChI=1S/C24H24N2O3S/c1-16-7-2-4-10-18(16)21(27)13-24-26(23(29)15-30-24)14-22(28)25-20-12-6-9-17-8-3-5-11-19(17)20/h2-5,7-8,10-11,13,20H,6,9,12,14-15H2,1H3,(H,25,28)/b24-13-/t20-/m0/s1. The largest absolute Gasteiger partial charge is 0.348 e. The van der Waals surface area contributed by atoms with E-state index in [0.29, 0.717) is 10.6 Å². The Hall–Kier alpha value is -2.86. The predicted molar refractivity (Wildman–Crippen MR) is 118 cm³/mol. The highest BCUT2D eigenvalue weighted by molar-refractivity contribution is 8.04. The molecular weight excluding hydrogens is 396 g/mol. The molecule has 1 saturated heterocycles. The summed E-state index contributed by atoms with van der Waals surface area (Å²) in [5.41, 5.74) is 3.91. The number of hydrogen-bond acceptors (Lipinski definition) is 4. The van der Waals surface area contributed by atoms with Crippen LogP contribution in [0.4, 0.5) is 0 Å². The van der Waals surface area contributed by atoms with Gasteiger partial charge < -0.3 is 5.32 Å². The number of fused-ring (bicyclic) bond motifs is 1. The third-order valence-corrected chi connectivity index (χ3v) is 6.61. The Balaban J connectivity index is 1.46. The van der Waals surface area contributed by atoms with E-state index in [1.54, 1.807) is 6.07 Å². The Morgan fingerprint density at radius 1 is 1.17 bits per heavy atom. The Morgan fingerprint density at radius 2 is 1.93 bits per heavy atom. The van der Waals surface area contributed by atoms with Crippen molar-refractivity contribution in [2.45, 2.75) is 32.2 Å². The van der Waals surface area contributed by atoms with Crippen LogP contribution >= 0.6 is 11.8 Å². The molecule has 1 aliphatic heterocycles. The summed E-state index contributed by atoms with van der Waals surface area (Å²) in [5, 5.41) is 3.62. The Kier molecular flexibility index (Phi) is 6.04. The van der Waals surface area contributed by atoms with Crippen molar-refractivity contribution in [3.63, 3.8) is 0 Å². The van der Waals surface area contributed by atoms with Crippen molar-refractivity contribution < 1.29 is 14.4 Å². The van der Waals surface area contributed by atoms with Gasteiger partial charge in [0.25, 0.3) is 0 Å². The first kappa shape index (κ1) is 20.4. The summed E-state index contributed by atoms with van der Waals surface area (Å²) in [5.74, 6) is -0.270. The second-order valence-corrected chi connectivity index (χ2v) is 8.64. The molecule has 2 amide bonds. The maximum absolute atomic E-state index is 12.8. The molecule has 30 heavy (non-hydrogen) atoms. The molecule has 1 heterocycles. The zero-order valence-corrected chi connectivity index (χ0v) is 17.7. The second kappa shape index (κ2) is 8.88. The van der Waals surface area contributed by atoms with Gasteiger partial charge in [-0.1, -0.05) is 60.3 Å². The summed E-state index contributed by atoms with van der Waals surface area (Å²) < 4.78 is 0. The van der Waals surface area contributed by atoms with Gasteiger partial charge in [0.2, 0.25) is 11.8 Å². The number of thioether (sulfide) groups is 1. The van der Waals surface area contributed by atoms with E-state index in [0.717, 1.165) is 30.4 Å². The van der Waals surface area contributed by atoms with Crippen LogP contribution in [-0.4, -0.2) is 34.8 Å². The van der Waals surface area contributed by atoms with Crippen molar-refractivity contribution >= 4 is 29.4 Å². The summed E-state index contributed by atoms with van der Waals surface area (Å²) in [6, 6.07) is 15.5. The number of carbonyl (C=O) groups is 3. The average Bonchev–Trinajstić information content (AvgIpc) is 3.07. The second-order valence-electron chi connectivity index (χ2n) is 7.64. The number of ketones is 1. The summed E-state index contributed by atoms with van der Waals surface area (Å²) in [6.07, 6.45) is 4.41. The highest BCUT2D eigenvalue weighted by atomic mass is 32.2. The number of aryl methyl sites for hydroxylation is 2. The van der Waals surface area contributed by atoms with E-state index in [1.165, 1.54) is 28.3 Å². The Labute approximate surface area is 180 Å². The number of allylic oxidation sites excluding steroid dienone is 1. The number of rotatable bonds is 5. The van der Waals surface area contributed by atoms with Crippen LogP contribution in [0.2, 0.25) is 0 Å². The van der Waals surface area contributed by atoms with E-state index in [2.05, 4.69) is 17.4 Å². The van der Waals surface area contributed by atoms with Crippen LogP contribution in [0, 0.1) is 6.92 Å². The van der Waals surface area contributed by atoms with E-state index in [1.807, 2.05) is 37.3 Å². The van der Waals surface area contributed by atoms with Crippen LogP contribution in [0.5, 0.6) is 0 Å². The van der Waals surface area contributed by atoms with Crippen molar-refractivity contribution in [1.29, 1.82) is 0 Å². The smallest absolute Gasteiger partial charge is 0.240 e. The van der Waals surface area contributed by atoms with Crippen LogP contribution in [0.3, 0.4) is 0 Å². The van der Waals surface area contributed by atoms with E-state index in [4.69, 9.17) is 0 Å². The van der Waals surface area contributed by atoms with Crippen molar-refractivity contribution in [3.05, 3.63) is 81.9 Å². The van der Waals surface area contributed by atoms with Crippen molar-refractivity contribution in [3.8, 4) is 0 Å². The number of nitrogens with zero attached hydrogens (tertiary/aromatic N) is 1. The Bertz CT molecular complexity index is 1030. The first-order valence-corrected chi connectivity index (χ1v) is 11.1. The minimum atomic E-state index is -0.207. The normalized spacial score (nSPS) is 19.6. The molecular formula is C24H24N2O3S. The zero-order valence-electron chi connectivity index (χ0n) is 16.9. The van der Waals surface area contributed by atoms with Crippen LogP contribution < -0.4 is 5.32 Å². The van der Waals surface area contributed by atoms with Gasteiger partial charge in [-0.15, -0.1) is 0 Å². The van der Waals surface area contributed by atoms with Crippen LogP contribution in [0.1, 0.15) is 45.9 Å². The summed E-state index contributed by atoms with van der Waals surface area (Å²) in [4.78, 5) is 39.2. The van der Waals surface area contributed by atoms with Gasteiger partial charge in [0, 0.05) is 11.6 Å². The number of benzene rings is 2. The number of hydrogen-bond donors (Lipinski definition) is 1. The fourth-order valence-corrected chi connectivity index (χ4v) is 4.97. The zero-order chi connectivity index (χ0) is 21.1. The lowest BCUT2D eigenvalue weighted by Crippen LogP contribution is -2.40. The molecule has 0 radical (unpaired) electrons. The Morgan fingerprint density at radius 3 is 2.77 bits per heavy atom. The van der Waals surface area contributed by atoms with Crippen LogP contribution in [0.15, 0.2) is 59.6 Å². The lowest BCUT2D eigenvalue weighted by atomic mass is 9.88. The highest BCUT2D eigenvalue weighted by Crippen LogP contribution is 2.31. The summed E-state index contributed by atoms with van der Waals surface area (Å²) in [7, 11) is 0. The quantitative estimate of drug-likeness (QED) is 0.590. The average molecular weight is 421 g/mol. The number of nitrogens with one attached hydrogen (secondary N) is 1. The molecule has 0 saturated carbocycles. The molecule has 0 bridgehead atoms. The summed E-state index contributed by atoms with van der Waals surface area (Å²) in [6.45, 7) is 1.81. The minimum absolute atomic E-state index is 0.0335. The van der Waals surface area contributed by atoms with Gasteiger partial charge in [-0.3, -0.25) is 19.3 Å². The van der Waals surface area contributed by atoms with Gasteiger partial charge in [-0.2, -0.15) is 0 Å². The molecule has 0 aromatic heterocycles. The molecule has 4 rings (SSSR count). The number of amides is 2. The van der Waals surface area contributed by atoms with E-state index in [-0.39, 0.29) is 35.9 Å². The molecule has 6 heteroatoms. The third-order valence-electron chi connectivity index (χ3n) is 5.58. The fourth-order valence-electron chi connectivity index (χ4n) is 4.03. The molecule has 0 unspecified atom stereocenters. The van der Waals surface area contributed by atoms with E-state index >= 15 is 0 Å². The maximum Gasteiger partial charge on any atom is 0.240 e. The van der Waals surface area contributed by atoms with E-state index < -0.39 is 0 Å². The molecule has 1 N–H and O–H groups in total. The molecule has 1 atom stereocenters. The van der Waals surface area contributed by atoms with Crippen molar-refractivity contribution in [2.75, 3.05) is 12.3 Å². The maximum atomic E-state index is 12.8. The van der Waals surface area contributed by atoms with Gasteiger partial charge in [-0.25, -0.2) is 0 Å². The molecule has 2 aromatic carbocycles. The van der Waals surface area contributed by atoms with E-state index in [9.17, 15) is 14.4 Å². The molecule has 0 spiro atoms. The monoisotopic (exact) mass is 420 g/mol. The van der Waals surface area contributed by atoms with Gasteiger partial charge >= 0.3 is 0 Å². The molecule has 2 aromatic rings. The van der Waals surface area contributed by atoms with Gasteiger partial charge in [0.1, 0.15) is 6.54 Å². The molecule has 2 aliphatic rings. The first-order valence-electron chi connectivity index (χ1n) is 10.1. The minimum Gasteiger partial charge on any atom is -0.348 e. The lowest BCUT2D eigenvalue weighted by molar-refractivity contribution is -0.131. The van der Waals surface area contributed by atoms with Gasteiger partial charge in [0.15, 0.2) is 5.78 Å². The predicted octanol–water partition coefficient (Wildman–Crippen LogP) is 3.79. The van der Waals surface area contributed by atoms with Crippen molar-refractivity contribution in [1.82, 2.24) is 10.2 Å². The number of carbonyl (C=O) groups excluding carboxylic acids is 3. The van der Waals surface area contributed by atoms with Crippen molar-refractivity contribution in [2.24, 2.45) is 0 Å². The van der Waals surface area contributed by atoms with Gasteiger partial charge in [0.05, 0.1) is 16.8 Å².